The van der Waals surface area contributed by atoms with Gasteiger partial charge < -0.3 is 0 Å². The molecule has 3 heterocycles. The first kappa shape index (κ1) is 38.3. The Kier molecular flexibility index (Phi) is 9.42. The Morgan fingerprint density at radius 3 is 1.56 bits per heavy atom. The van der Waals surface area contributed by atoms with Gasteiger partial charge in [0.1, 0.15) is 0 Å². The van der Waals surface area contributed by atoms with Crippen molar-refractivity contribution >= 4 is 23.3 Å². The molecule has 0 N–H and O–H groups in total. The van der Waals surface area contributed by atoms with E-state index in [1.807, 2.05) is 11.8 Å². The Morgan fingerprint density at radius 1 is 0.438 bits per heavy atom. The highest BCUT2D eigenvalue weighted by Gasteiger charge is 2.50. The Labute approximate surface area is 379 Å². The molecule has 304 valence electrons. The second-order valence-electron chi connectivity index (χ2n) is 16.9. The Bertz CT molecular complexity index is 3180. The number of pyridine rings is 1. The fourth-order valence-corrected chi connectivity index (χ4v) is 11.6. The van der Waals surface area contributed by atoms with Crippen LogP contribution in [0.2, 0.25) is 0 Å². The van der Waals surface area contributed by atoms with Gasteiger partial charge >= 0.3 is 0 Å². The summed E-state index contributed by atoms with van der Waals surface area (Å²) >= 11 is 1.87. The predicted octanol–water partition coefficient (Wildman–Crippen LogP) is 14.9. The SMILES string of the molecule is CCC1C(c2ccccc2)=NC(c2ccc3c(c2)C2(c4ccccc4Sc4ccccc42)c2ccccc2-3)=NC1c1ccc(-c2cc(-c3ccccc3)nc(-c3ccccc3)c2)cc1. The van der Waals surface area contributed by atoms with Crippen molar-refractivity contribution in [2.24, 2.45) is 15.9 Å². The molecule has 8 aromatic carbocycles. The molecule has 3 nitrogen and oxygen atoms in total. The number of rotatable bonds is 7. The number of hydrogen-bond donors (Lipinski definition) is 0. The normalized spacial score (nSPS) is 16.5. The molecule has 9 aromatic rings. The van der Waals surface area contributed by atoms with Crippen molar-refractivity contribution in [2.45, 2.75) is 34.6 Å². The van der Waals surface area contributed by atoms with Gasteiger partial charge in [-0.1, -0.05) is 207 Å². The predicted molar refractivity (Wildman–Crippen MR) is 264 cm³/mol. The molecule has 3 aliphatic rings. The van der Waals surface area contributed by atoms with Crippen molar-refractivity contribution < 1.29 is 0 Å². The summed E-state index contributed by atoms with van der Waals surface area (Å²) in [6.45, 7) is 2.27. The minimum atomic E-state index is -0.476. The van der Waals surface area contributed by atoms with E-state index in [0.29, 0.717) is 0 Å². The minimum Gasteiger partial charge on any atom is -0.257 e. The van der Waals surface area contributed by atoms with Gasteiger partial charge in [-0.05, 0) is 92.4 Å². The second kappa shape index (κ2) is 15.7. The molecular weight excluding hydrogens is 795 g/mol. The molecule has 1 spiro atoms. The lowest BCUT2D eigenvalue weighted by Gasteiger charge is -2.39. The first-order valence-corrected chi connectivity index (χ1v) is 23.1. The highest BCUT2D eigenvalue weighted by molar-refractivity contribution is 7.99. The first-order chi connectivity index (χ1) is 31.7. The molecule has 1 aliphatic carbocycles. The molecule has 12 rings (SSSR count). The summed E-state index contributed by atoms with van der Waals surface area (Å²) < 4.78 is 0. The van der Waals surface area contributed by atoms with Crippen LogP contribution in [-0.4, -0.2) is 16.5 Å². The van der Waals surface area contributed by atoms with Gasteiger partial charge in [0.2, 0.25) is 0 Å². The Morgan fingerprint density at radius 2 is 0.953 bits per heavy atom. The lowest BCUT2D eigenvalue weighted by Crippen LogP contribution is -2.32. The number of hydrogen-bond acceptors (Lipinski definition) is 4. The van der Waals surface area contributed by atoms with Gasteiger partial charge in [-0.15, -0.1) is 0 Å². The number of aliphatic imine (C=N–C) groups is 2. The highest BCUT2D eigenvalue weighted by atomic mass is 32.2. The molecule has 0 radical (unpaired) electrons. The molecule has 1 aromatic heterocycles. The van der Waals surface area contributed by atoms with Gasteiger partial charge in [0.15, 0.2) is 5.84 Å². The van der Waals surface area contributed by atoms with Crippen molar-refractivity contribution in [1.82, 2.24) is 4.98 Å². The number of amidine groups is 1. The zero-order valence-corrected chi connectivity index (χ0v) is 36.2. The second-order valence-corrected chi connectivity index (χ2v) is 18.0. The van der Waals surface area contributed by atoms with E-state index in [1.165, 1.54) is 48.7 Å². The third-order valence-electron chi connectivity index (χ3n) is 13.4. The third kappa shape index (κ3) is 6.24. The zero-order valence-electron chi connectivity index (χ0n) is 35.4. The molecule has 0 bridgehead atoms. The average Bonchev–Trinajstić information content (AvgIpc) is 3.66. The number of aromatic nitrogens is 1. The maximum absolute atomic E-state index is 5.67. The van der Waals surface area contributed by atoms with Gasteiger partial charge in [-0.25, -0.2) is 9.98 Å². The van der Waals surface area contributed by atoms with Gasteiger partial charge in [-0.3, -0.25) is 4.99 Å². The standard InChI is InChI=1S/C60H43N3S/c1-2-46-57(42-22-10-5-11-23-42)62-59(63-58(46)43-32-30-39(31-33-43)45-37-53(40-18-6-3-7-19-40)61-54(38-45)41-20-8-4-9-21-41)44-34-35-48-47-24-12-13-25-49(47)60(52(48)36-44)50-26-14-16-28-55(50)64-56-29-17-15-27-51(56)60/h3-38,46,58H,2H2,1H3. The Hall–Kier alpha value is -7.40. The van der Waals surface area contributed by atoms with Gasteiger partial charge in [-0.2, -0.15) is 0 Å². The maximum atomic E-state index is 5.67. The van der Waals surface area contributed by atoms with E-state index in [4.69, 9.17) is 15.0 Å². The molecular formula is C60H43N3S. The number of benzene rings is 8. The van der Waals surface area contributed by atoms with Crippen LogP contribution in [0.5, 0.6) is 0 Å². The molecule has 0 saturated carbocycles. The van der Waals surface area contributed by atoms with E-state index in [2.05, 4.69) is 225 Å². The van der Waals surface area contributed by atoms with Crippen LogP contribution in [0.4, 0.5) is 0 Å². The lowest BCUT2D eigenvalue weighted by molar-refractivity contribution is 0.532. The van der Waals surface area contributed by atoms with Crippen LogP contribution < -0.4 is 0 Å². The molecule has 64 heavy (non-hydrogen) atoms. The smallest absolute Gasteiger partial charge is 0.155 e. The van der Waals surface area contributed by atoms with Crippen LogP contribution in [0, 0.1) is 5.92 Å². The highest BCUT2D eigenvalue weighted by Crippen LogP contribution is 2.62. The number of fused-ring (bicyclic) bond motifs is 9. The van der Waals surface area contributed by atoms with Crippen LogP contribution in [0.25, 0.3) is 44.8 Å². The minimum absolute atomic E-state index is 0.0893. The lowest BCUT2D eigenvalue weighted by atomic mass is 9.67. The molecule has 0 amide bonds. The van der Waals surface area contributed by atoms with Crippen LogP contribution in [-0.2, 0) is 5.41 Å². The summed E-state index contributed by atoms with van der Waals surface area (Å²) in [7, 11) is 0. The monoisotopic (exact) mass is 837 g/mol. The zero-order chi connectivity index (χ0) is 42.6. The molecule has 4 heteroatoms. The van der Waals surface area contributed by atoms with Crippen LogP contribution >= 0.6 is 11.8 Å². The molecule has 0 saturated heterocycles. The Balaban J connectivity index is 1.00. The molecule has 0 fully saturated rings. The van der Waals surface area contributed by atoms with E-state index in [-0.39, 0.29) is 12.0 Å². The van der Waals surface area contributed by atoms with Crippen LogP contribution in [0.3, 0.4) is 0 Å². The summed E-state index contributed by atoms with van der Waals surface area (Å²) in [6, 6.07) is 79.0. The van der Waals surface area contributed by atoms with Gasteiger partial charge in [0.25, 0.3) is 0 Å². The van der Waals surface area contributed by atoms with E-state index >= 15 is 0 Å². The fourth-order valence-electron chi connectivity index (χ4n) is 10.4. The van der Waals surface area contributed by atoms with E-state index in [9.17, 15) is 0 Å². The van der Waals surface area contributed by atoms with E-state index in [1.54, 1.807) is 0 Å². The largest absolute Gasteiger partial charge is 0.257 e. The molecule has 2 atom stereocenters. The average molecular weight is 838 g/mol. The topological polar surface area (TPSA) is 37.6 Å². The van der Waals surface area contributed by atoms with Crippen molar-refractivity contribution in [3.63, 3.8) is 0 Å². The van der Waals surface area contributed by atoms with Crippen molar-refractivity contribution in [3.05, 3.63) is 257 Å². The van der Waals surface area contributed by atoms with Crippen molar-refractivity contribution in [1.29, 1.82) is 0 Å². The number of nitrogens with zero attached hydrogens (tertiary/aromatic N) is 3. The van der Waals surface area contributed by atoms with Gasteiger partial charge in [0, 0.05) is 32.4 Å². The quantitative estimate of drug-likeness (QED) is 0.160. The first-order valence-electron chi connectivity index (χ1n) is 22.2. The van der Waals surface area contributed by atoms with Crippen molar-refractivity contribution in [2.75, 3.05) is 0 Å². The molecule has 2 unspecified atom stereocenters. The summed E-state index contributed by atoms with van der Waals surface area (Å²) in [6.07, 6.45) is 0.899. The van der Waals surface area contributed by atoms with E-state index < -0.39 is 5.41 Å². The summed E-state index contributed by atoms with van der Waals surface area (Å²) in [5.74, 6) is 0.860. The summed E-state index contributed by atoms with van der Waals surface area (Å²) in [5, 5.41) is 0. The maximum Gasteiger partial charge on any atom is 0.155 e. The fraction of sp³-hybridized carbons (Fsp3) is 0.0833. The van der Waals surface area contributed by atoms with Crippen LogP contribution in [0.1, 0.15) is 58.3 Å². The summed E-state index contributed by atoms with van der Waals surface area (Å²) in [5.41, 5.74) is 18.1. The molecule has 2 aliphatic heterocycles. The van der Waals surface area contributed by atoms with Gasteiger partial charge in [0.05, 0.1) is 28.6 Å². The summed E-state index contributed by atoms with van der Waals surface area (Å²) in [4.78, 5) is 18.9. The third-order valence-corrected chi connectivity index (χ3v) is 14.5. The van der Waals surface area contributed by atoms with E-state index in [0.717, 1.165) is 62.7 Å². The van der Waals surface area contributed by atoms with Crippen LogP contribution in [0.15, 0.2) is 238 Å². The van der Waals surface area contributed by atoms with Crippen molar-refractivity contribution in [3.8, 4) is 44.8 Å².